The van der Waals surface area contributed by atoms with Gasteiger partial charge in [-0.3, -0.25) is 0 Å². The predicted molar refractivity (Wildman–Crippen MR) is 69.7 cm³/mol. The molecule has 0 aromatic heterocycles. The van der Waals surface area contributed by atoms with Crippen molar-refractivity contribution in [3.63, 3.8) is 0 Å². The molecule has 1 aromatic carbocycles. The van der Waals surface area contributed by atoms with Crippen LogP contribution >= 0.6 is 11.8 Å². The Hall–Kier alpha value is -0.470. The number of hydrogen-bond donors (Lipinski definition) is 1. The summed E-state index contributed by atoms with van der Waals surface area (Å²) in [6.07, 6.45) is 3.39. The van der Waals surface area contributed by atoms with E-state index in [1.54, 1.807) is 0 Å². The summed E-state index contributed by atoms with van der Waals surface area (Å²) < 4.78 is 0. The molecule has 1 nitrogen and oxygen atoms in total. The van der Waals surface area contributed by atoms with Crippen molar-refractivity contribution in [1.82, 2.24) is 0 Å². The van der Waals surface area contributed by atoms with Gasteiger partial charge in [0.15, 0.2) is 0 Å². The molecule has 3 unspecified atom stereocenters. The first kappa shape index (κ1) is 12.0. The zero-order valence-corrected chi connectivity index (χ0v) is 10.6. The minimum absolute atomic E-state index is 0.0493. The molecule has 3 atom stereocenters. The largest absolute Gasteiger partial charge is 0.393 e. The van der Waals surface area contributed by atoms with Crippen LogP contribution in [-0.4, -0.2) is 17.0 Å². The van der Waals surface area contributed by atoms with E-state index in [1.165, 1.54) is 23.5 Å². The molecule has 1 aliphatic rings. The molecular weight excluding hydrogens is 216 g/mol. The Morgan fingerprint density at radius 3 is 2.62 bits per heavy atom. The summed E-state index contributed by atoms with van der Waals surface area (Å²) in [6, 6.07) is 10.6. The Morgan fingerprint density at radius 2 is 2.00 bits per heavy atom. The summed E-state index contributed by atoms with van der Waals surface area (Å²) in [5.74, 6) is 2.40. The fraction of sp³-hybridized carbons (Fsp3) is 0.571. The number of benzene rings is 1. The first-order chi connectivity index (χ1) is 7.77. The third kappa shape index (κ3) is 3.02. The maximum absolute atomic E-state index is 9.68. The van der Waals surface area contributed by atoms with Crippen LogP contribution in [0.1, 0.15) is 26.2 Å². The van der Waals surface area contributed by atoms with Crippen molar-refractivity contribution in [2.24, 2.45) is 11.8 Å². The Kier molecular flexibility index (Phi) is 4.30. The summed E-state index contributed by atoms with van der Waals surface area (Å²) in [5, 5.41) is 9.68. The van der Waals surface area contributed by atoms with Crippen molar-refractivity contribution in [2.75, 3.05) is 5.75 Å². The van der Waals surface area contributed by atoms with Gasteiger partial charge in [0.05, 0.1) is 6.10 Å². The maximum atomic E-state index is 9.68. The minimum Gasteiger partial charge on any atom is -0.393 e. The van der Waals surface area contributed by atoms with E-state index in [0.717, 1.165) is 12.3 Å². The molecule has 0 heterocycles. The van der Waals surface area contributed by atoms with E-state index in [2.05, 4.69) is 37.3 Å². The van der Waals surface area contributed by atoms with E-state index >= 15 is 0 Å². The molecule has 0 spiro atoms. The van der Waals surface area contributed by atoms with Gasteiger partial charge in [-0.25, -0.2) is 0 Å². The topological polar surface area (TPSA) is 20.2 Å². The molecule has 1 aromatic rings. The maximum Gasteiger partial charge on any atom is 0.0568 e. The number of thioether (sulfide) groups is 1. The van der Waals surface area contributed by atoms with E-state index in [-0.39, 0.29) is 6.10 Å². The molecule has 0 radical (unpaired) electrons. The highest BCUT2D eigenvalue weighted by Crippen LogP contribution is 2.35. The highest BCUT2D eigenvalue weighted by Gasteiger charge is 2.30. The molecule has 0 amide bonds. The molecule has 0 bridgehead atoms. The Bertz CT molecular complexity index is 312. The summed E-state index contributed by atoms with van der Waals surface area (Å²) in [6.45, 7) is 2.19. The van der Waals surface area contributed by atoms with Gasteiger partial charge in [0.1, 0.15) is 0 Å². The van der Waals surface area contributed by atoms with E-state index in [0.29, 0.717) is 5.92 Å². The first-order valence-electron chi connectivity index (χ1n) is 6.13. The first-order valence-corrected chi connectivity index (χ1v) is 7.12. The van der Waals surface area contributed by atoms with Crippen LogP contribution in [0.2, 0.25) is 0 Å². The quantitative estimate of drug-likeness (QED) is 0.806. The number of rotatable bonds is 4. The van der Waals surface area contributed by atoms with Gasteiger partial charge in [0.2, 0.25) is 0 Å². The van der Waals surface area contributed by atoms with Crippen molar-refractivity contribution in [1.29, 1.82) is 0 Å². The molecule has 0 aliphatic heterocycles. The molecule has 2 rings (SSSR count). The van der Waals surface area contributed by atoms with Crippen LogP contribution in [0.3, 0.4) is 0 Å². The molecule has 88 valence electrons. The van der Waals surface area contributed by atoms with Gasteiger partial charge in [-0.05, 0) is 49.0 Å². The van der Waals surface area contributed by atoms with Crippen LogP contribution in [0.25, 0.3) is 0 Å². The third-order valence-electron chi connectivity index (χ3n) is 3.68. The summed E-state index contributed by atoms with van der Waals surface area (Å²) in [4.78, 5) is 1.36. The Labute approximate surface area is 102 Å². The predicted octanol–water partition coefficient (Wildman–Crippen LogP) is 3.58. The third-order valence-corrected chi connectivity index (χ3v) is 4.73. The average Bonchev–Trinajstić information content (AvgIpc) is 2.62. The van der Waals surface area contributed by atoms with Gasteiger partial charge >= 0.3 is 0 Å². The molecular formula is C14H20OS. The van der Waals surface area contributed by atoms with E-state index in [1.807, 2.05) is 11.8 Å². The van der Waals surface area contributed by atoms with Crippen LogP contribution in [0.15, 0.2) is 35.2 Å². The van der Waals surface area contributed by atoms with Crippen molar-refractivity contribution >= 4 is 11.8 Å². The van der Waals surface area contributed by atoms with Crippen molar-refractivity contribution in [3.05, 3.63) is 30.3 Å². The standard InChI is InChI=1S/C14H20OS/c1-11-12(7-8-14(11)15)9-10-16-13-5-3-2-4-6-13/h2-6,11-12,14-15H,7-10H2,1H3. The molecule has 1 saturated carbocycles. The molecule has 1 aliphatic carbocycles. The highest BCUT2D eigenvalue weighted by atomic mass is 32.2. The lowest BCUT2D eigenvalue weighted by atomic mass is 9.95. The van der Waals surface area contributed by atoms with Gasteiger partial charge < -0.3 is 5.11 Å². The van der Waals surface area contributed by atoms with Gasteiger partial charge in [0, 0.05) is 4.90 Å². The molecule has 2 heteroatoms. The monoisotopic (exact) mass is 236 g/mol. The smallest absolute Gasteiger partial charge is 0.0568 e. The van der Waals surface area contributed by atoms with Gasteiger partial charge in [0.25, 0.3) is 0 Å². The van der Waals surface area contributed by atoms with Gasteiger partial charge in [-0.1, -0.05) is 25.1 Å². The summed E-state index contributed by atoms with van der Waals surface area (Å²) >= 11 is 1.93. The molecule has 1 fully saturated rings. The van der Waals surface area contributed by atoms with Crippen LogP contribution in [0, 0.1) is 11.8 Å². The van der Waals surface area contributed by atoms with E-state index in [9.17, 15) is 5.11 Å². The number of aliphatic hydroxyl groups is 1. The van der Waals surface area contributed by atoms with E-state index < -0.39 is 0 Å². The average molecular weight is 236 g/mol. The fourth-order valence-electron chi connectivity index (χ4n) is 2.48. The van der Waals surface area contributed by atoms with Crippen LogP contribution in [-0.2, 0) is 0 Å². The second-order valence-electron chi connectivity index (χ2n) is 4.71. The van der Waals surface area contributed by atoms with Crippen LogP contribution in [0.4, 0.5) is 0 Å². The molecule has 1 N–H and O–H groups in total. The normalized spacial score (nSPS) is 29.5. The van der Waals surface area contributed by atoms with Gasteiger partial charge in [-0.15, -0.1) is 11.8 Å². The number of aliphatic hydroxyl groups excluding tert-OH is 1. The second kappa shape index (κ2) is 5.74. The highest BCUT2D eigenvalue weighted by molar-refractivity contribution is 7.99. The SMILES string of the molecule is CC1C(O)CCC1CCSc1ccccc1. The summed E-state index contributed by atoms with van der Waals surface area (Å²) in [5.41, 5.74) is 0. The number of hydrogen-bond acceptors (Lipinski definition) is 2. The minimum atomic E-state index is -0.0493. The van der Waals surface area contributed by atoms with Gasteiger partial charge in [-0.2, -0.15) is 0 Å². The van der Waals surface area contributed by atoms with Crippen molar-refractivity contribution in [2.45, 2.75) is 37.2 Å². The second-order valence-corrected chi connectivity index (χ2v) is 5.88. The Balaban J connectivity index is 1.73. The lowest BCUT2D eigenvalue weighted by Crippen LogP contribution is -2.15. The molecule has 16 heavy (non-hydrogen) atoms. The van der Waals surface area contributed by atoms with Crippen LogP contribution < -0.4 is 0 Å². The Morgan fingerprint density at radius 1 is 1.25 bits per heavy atom. The summed E-state index contributed by atoms with van der Waals surface area (Å²) in [7, 11) is 0. The molecule has 0 saturated heterocycles. The fourth-order valence-corrected chi connectivity index (χ4v) is 3.48. The lowest BCUT2D eigenvalue weighted by molar-refractivity contribution is 0.127. The van der Waals surface area contributed by atoms with Crippen molar-refractivity contribution < 1.29 is 5.11 Å². The van der Waals surface area contributed by atoms with Crippen LogP contribution in [0.5, 0.6) is 0 Å². The zero-order valence-electron chi connectivity index (χ0n) is 9.80. The van der Waals surface area contributed by atoms with Crippen molar-refractivity contribution in [3.8, 4) is 0 Å². The van der Waals surface area contributed by atoms with E-state index in [4.69, 9.17) is 0 Å². The lowest BCUT2D eigenvalue weighted by Gasteiger charge is -2.16. The zero-order chi connectivity index (χ0) is 11.4.